The predicted octanol–water partition coefficient (Wildman–Crippen LogP) is 1.25. The van der Waals surface area contributed by atoms with Crippen LogP contribution in [0.1, 0.15) is 13.8 Å². The standard InChI is InChI=1S/C13H17N3O2S/c1-13(2,9-14)16-19(17,18)12-5-3-4-10-8-15-7-6-11(10)12/h3-8,16H,9,14H2,1-2H3. The lowest BCUT2D eigenvalue weighted by Gasteiger charge is -2.24. The van der Waals surface area contributed by atoms with Crippen LogP contribution < -0.4 is 10.5 Å². The average molecular weight is 279 g/mol. The van der Waals surface area contributed by atoms with Gasteiger partial charge < -0.3 is 5.73 Å². The molecular formula is C13H17N3O2S. The van der Waals surface area contributed by atoms with Crippen LogP contribution >= 0.6 is 0 Å². The Balaban J connectivity index is 2.55. The lowest BCUT2D eigenvalue weighted by atomic mass is 10.1. The molecule has 0 unspecified atom stereocenters. The third kappa shape index (κ3) is 2.91. The van der Waals surface area contributed by atoms with Crippen molar-refractivity contribution in [1.82, 2.24) is 9.71 Å². The van der Waals surface area contributed by atoms with Gasteiger partial charge in [0.25, 0.3) is 0 Å². The van der Waals surface area contributed by atoms with Gasteiger partial charge in [0.1, 0.15) is 0 Å². The molecule has 0 aliphatic heterocycles. The summed E-state index contributed by atoms with van der Waals surface area (Å²) in [6.45, 7) is 3.72. The van der Waals surface area contributed by atoms with Gasteiger partial charge in [0.15, 0.2) is 0 Å². The highest BCUT2D eigenvalue weighted by atomic mass is 32.2. The van der Waals surface area contributed by atoms with E-state index in [0.29, 0.717) is 5.39 Å². The molecule has 0 saturated heterocycles. The Morgan fingerprint density at radius 1 is 1.32 bits per heavy atom. The topological polar surface area (TPSA) is 85.1 Å². The first kappa shape index (κ1) is 13.9. The summed E-state index contributed by atoms with van der Waals surface area (Å²) in [5, 5.41) is 1.44. The van der Waals surface area contributed by atoms with Crippen molar-refractivity contribution in [1.29, 1.82) is 0 Å². The molecule has 0 fully saturated rings. The zero-order valence-corrected chi connectivity index (χ0v) is 11.7. The van der Waals surface area contributed by atoms with Crippen molar-refractivity contribution in [2.24, 2.45) is 5.73 Å². The molecule has 2 rings (SSSR count). The molecule has 0 atom stereocenters. The van der Waals surface area contributed by atoms with Crippen molar-refractivity contribution in [2.75, 3.05) is 6.54 Å². The molecule has 6 heteroatoms. The molecule has 0 saturated carbocycles. The lowest BCUT2D eigenvalue weighted by Crippen LogP contribution is -2.48. The number of hydrogen-bond donors (Lipinski definition) is 2. The van der Waals surface area contributed by atoms with E-state index in [1.165, 1.54) is 0 Å². The van der Waals surface area contributed by atoms with Gasteiger partial charge >= 0.3 is 0 Å². The van der Waals surface area contributed by atoms with Gasteiger partial charge in [0.05, 0.1) is 4.90 Å². The van der Waals surface area contributed by atoms with Crippen LogP contribution in [0.5, 0.6) is 0 Å². The van der Waals surface area contributed by atoms with E-state index in [0.717, 1.165) is 5.39 Å². The first-order valence-electron chi connectivity index (χ1n) is 5.92. The second kappa shape index (κ2) is 4.88. The smallest absolute Gasteiger partial charge is 0.241 e. The van der Waals surface area contributed by atoms with Gasteiger partial charge in [0.2, 0.25) is 10.0 Å². The minimum atomic E-state index is -3.61. The molecule has 1 aromatic carbocycles. The van der Waals surface area contributed by atoms with E-state index < -0.39 is 15.6 Å². The number of hydrogen-bond acceptors (Lipinski definition) is 4. The summed E-state index contributed by atoms with van der Waals surface area (Å²) >= 11 is 0. The molecule has 102 valence electrons. The molecule has 2 aromatic rings. The van der Waals surface area contributed by atoms with E-state index in [-0.39, 0.29) is 11.4 Å². The number of fused-ring (bicyclic) bond motifs is 1. The quantitative estimate of drug-likeness (QED) is 0.882. The van der Waals surface area contributed by atoms with Crippen LogP contribution in [-0.4, -0.2) is 25.5 Å². The Hall–Kier alpha value is -1.50. The number of aromatic nitrogens is 1. The SMILES string of the molecule is CC(C)(CN)NS(=O)(=O)c1cccc2cnccc12. The molecule has 5 nitrogen and oxygen atoms in total. The zero-order valence-electron chi connectivity index (χ0n) is 10.9. The third-order valence-corrected chi connectivity index (χ3v) is 4.61. The summed E-state index contributed by atoms with van der Waals surface area (Å²) in [5.74, 6) is 0. The highest BCUT2D eigenvalue weighted by molar-refractivity contribution is 7.89. The van der Waals surface area contributed by atoms with Crippen molar-refractivity contribution in [2.45, 2.75) is 24.3 Å². The van der Waals surface area contributed by atoms with E-state index in [1.807, 2.05) is 6.07 Å². The van der Waals surface area contributed by atoms with E-state index in [2.05, 4.69) is 9.71 Å². The fourth-order valence-corrected chi connectivity index (χ4v) is 3.44. The highest BCUT2D eigenvalue weighted by Gasteiger charge is 2.26. The first-order valence-corrected chi connectivity index (χ1v) is 7.41. The second-order valence-electron chi connectivity index (χ2n) is 5.05. The maximum Gasteiger partial charge on any atom is 0.241 e. The van der Waals surface area contributed by atoms with Crippen molar-refractivity contribution in [3.05, 3.63) is 36.7 Å². The minimum absolute atomic E-state index is 0.221. The summed E-state index contributed by atoms with van der Waals surface area (Å²) in [6.07, 6.45) is 3.22. The van der Waals surface area contributed by atoms with Crippen molar-refractivity contribution < 1.29 is 8.42 Å². The van der Waals surface area contributed by atoms with Crippen LogP contribution in [0.3, 0.4) is 0 Å². The first-order chi connectivity index (χ1) is 8.86. The number of benzene rings is 1. The fourth-order valence-electron chi connectivity index (χ4n) is 1.79. The molecule has 1 heterocycles. The molecule has 1 aromatic heterocycles. The van der Waals surface area contributed by atoms with Gasteiger partial charge in [-0.05, 0) is 26.0 Å². The van der Waals surface area contributed by atoms with Crippen molar-refractivity contribution >= 4 is 20.8 Å². The van der Waals surface area contributed by atoms with Crippen LogP contribution in [-0.2, 0) is 10.0 Å². The van der Waals surface area contributed by atoms with Crippen molar-refractivity contribution in [3.63, 3.8) is 0 Å². The molecule has 0 spiro atoms. The Bertz CT molecular complexity index is 691. The molecule has 0 aliphatic rings. The van der Waals surface area contributed by atoms with Crippen LogP contribution in [0.15, 0.2) is 41.6 Å². The van der Waals surface area contributed by atoms with E-state index in [4.69, 9.17) is 5.73 Å². The predicted molar refractivity (Wildman–Crippen MR) is 75.2 cm³/mol. The monoisotopic (exact) mass is 279 g/mol. The van der Waals surface area contributed by atoms with Crippen LogP contribution in [0.25, 0.3) is 10.8 Å². The van der Waals surface area contributed by atoms with E-state index >= 15 is 0 Å². The maximum atomic E-state index is 12.4. The largest absolute Gasteiger partial charge is 0.329 e. The van der Waals surface area contributed by atoms with Crippen molar-refractivity contribution in [3.8, 4) is 0 Å². The van der Waals surface area contributed by atoms with E-state index in [9.17, 15) is 8.42 Å². The normalized spacial score (nSPS) is 12.8. The number of sulfonamides is 1. The van der Waals surface area contributed by atoms with Crippen LogP contribution in [0.4, 0.5) is 0 Å². The fraction of sp³-hybridized carbons (Fsp3) is 0.308. The van der Waals surface area contributed by atoms with Gasteiger partial charge in [-0.15, -0.1) is 0 Å². The van der Waals surface area contributed by atoms with Gasteiger partial charge in [-0.1, -0.05) is 12.1 Å². The van der Waals surface area contributed by atoms with Gasteiger partial charge in [0, 0.05) is 35.2 Å². The van der Waals surface area contributed by atoms with Gasteiger partial charge in [-0.2, -0.15) is 0 Å². The lowest BCUT2D eigenvalue weighted by molar-refractivity contribution is 0.463. The summed E-state index contributed by atoms with van der Waals surface area (Å²) in [6, 6.07) is 6.81. The molecule has 19 heavy (non-hydrogen) atoms. The molecule has 0 aliphatic carbocycles. The Labute approximate surface area is 112 Å². The summed E-state index contributed by atoms with van der Waals surface area (Å²) in [4.78, 5) is 4.24. The molecule has 3 N–H and O–H groups in total. The summed E-state index contributed by atoms with van der Waals surface area (Å²) in [5.41, 5.74) is 4.88. The van der Waals surface area contributed by atoms with E-state index in [1.54, 1.807) is 44.4 Å². The van der Waals surface area contributed by atoms with Crippen LogP contribution in [0, 0.1) is 0 Å². The third-order valence-electron chi connectivity index (χ3n) is 2.85. The Kier molecular flexibility index (Phi) is 3.58. The Morgan fingerprint density at radius 3 is 2.74 bits per heavy atom. The maximum absolute atomic E-state index is 12.4. The molecule has 0 amide bonds. The summed E-state index contributed by atoms with van der Waals surface area (Å²) in [7, 11) is -3.61. The highest BCUT2D eigenvalue weighted by Crippen LogP contribution is 2.22. The number of rotatable bonds is 4. The van der Waals surface area contributed by atoms with Crippen LogP contribution in [0.2, 0.25) is 0 Å². The molecule has 0 radical (unpaired) electrons. The zero-order chi connectivity index (χ0) is 14.1. The average Bonchev–Trinajstić information content (AvgIpc) is 2.37. The number of nitrogens with two attached hydrogens (primary N) is 1. The number of nitrogens with one attached hydrogen (secondary N) is 1. The minimum Gasteiger partial charge on any atom is -0.329 e. The summed E-state index contributed by atoms with van der Waals surface area (Å²) < 4.78 is 27.5. The van der Waals surface area contributed by atoms with Gasteiger partial charge in [-0.3, -0.25) is 4.98 Å². The molecule has 0 bridgehead atoms. The number of nitrogens with zero attached hydrogens (tertiary/aromatic N) is 1. The second-order valence-corrected chi connectivity index (χ2v) is 6.70. The molecular weight excluding hydrogens is 262 g/mol. The van der Waals surface area contributed by atoms with Gasteiger partial charge in [-0.25, -0.2) is 13.1 Å². The Morgan fingerprint density at radius 2 is 2.05 bits per heavy atom. The number of pyridine rings is 1.